The summed E-state index contributed by atoms with van der Waals surface area (Å²) in [6, 6.07) is 32.3. The van der Waals surface area contributed by atoms with Crippen LogP contribution in [0.15, 0.2) is 108 Å². The first-order valence-electron chi connectivity index (χ1n) is 14.8. The zero-order valence-corrected chi connectivity index (χ0v) is 25.5. The van der Waals surface area contributed by atoms with Gasteiger partial charge in [0.05, 0.1) is 17.2 Å². The van der Waals surface area contributed by atoms with Gasteiger partial charge < -0.3 is 14.5 Å². The van der Waals surface area contributed by atoms with Gasteiger partial charge in [-0.05, 0) is 66.6 Å². The van der Waals surface area contributed by atoms with E-state index < -0.39 is 10.0 Å². The summed E-state index contributed by atoms with van der Waals surface area (Å²) in [6.07, 6.45) is 0.582. The van der Waals surface area contributed by atoms with E-state index in [4.69, 9.17) is 4.74 Å². The van der Waals surface area contributed by atoms with Crippen molar-refractivity contribution >= 4 is 27.3 Å². The monoisotopic (exact) mass is 595 g/mol. The lowest BCUT2D eigenvalue weighted by Crippen LogP contribution is -2.48. The van der Waals surface area contributed by atoms with Gasteiger partial charge in [-0.1, -0.05) is 62.4 Å². The first-order valence-corrected chi connectivity index (χ1v) is 16.2. The third-order valence-corrected chi connectivity index (χ3v) is 10.2. The highest BCUT2D eigenvalue weighted by Crippen LogP contribution is 2.40. The van der Waals surface area contributed by atoms with Gasteiger partial charge in [0.1, 0.15) is 5.75 Å². The average Bonchev–Trinajstić information content (AvgIpc) is 3.35. The number of benzene rings is 4. The first-order chi connectivity index (χ1) is 20.7. The minimum absolute atomic E-state index is 0.0522. The molecule has 0 bridgehead atoms. The molecule has 8 heteroatoms. The maximum atomic E-state index is 14.2. The second-order valence-electron chi connectivity index (χ2n) is 11.8. The number of carbonyl (C=O) groups excluding carboxylic acids is 1. The molecule has 1 amide bonds. The van der Waals surface area contributed by atoms with Crippen molar-refractivity contribution in [2.45, 2.75) is 30.6 Å². The summed E-state index contributed by atoms with van der Waals surface area (Å²) in [6.45, 7) is 7.65. The molecular weight excluding hydrogens is 558 g/mol. The van der Waals surface area contributed by atoms with Crippen molar-refractivity contribution in [3.63, 3.8) is 0 Å². The van der Waals surface area contributed by atoms with E-state index in [9.17, 15) is 13.2 Å². The molecule has 0 saturated carbocycles. The van der Waals surface area contributed by atoms with Crippen LogP contribution >= 0.6 is 0 Å². The molecule has 0 N–H and O–H groups in total. The number of rotatable bonds is 8. The lowest BCUT2D eigenvalue weighted by molar-refractivity contribution is 0.0746. The van der Waals surface area contributed by atoms with Gasteiger partial charge in [-0.3, -0.25) is 9.10 Å². The minimum Gasteiger partial charge on any atom is -0.492 e. The van der Waals surface area contributed by atoms with Crippen molar-refractivity contribution in [3.05, 3.63) is 120 Å². The number of carbonyl (C=O) groups is 1. The highest BCUT2D eigenvalue weighted by atomic mass is 32.2. The summed E-state index contributed by atoms with van der Waals surface area (Å²) in [4.78, 5) is 17.3. The van der Waals surface area contributed by atoms with E-state index in [-0.39, 0.29) is 16.2 Å². The second-order valence-corrected chi connectivity index (χ2v) is 13.7. The standard InChI is InChI=1S/C35H37N3O4S/c1-35(2)26-42-33-18-17-31(25-32(33)35)43(40,41)38(20-19-27-9-5-3-6-10-27)30-15-13-29(14-16-30)36-21-23-37(24-22-36)34(39)28-11-7-4-8-12-28/h3-18,25H,19-24,26H2,1-2H3. The van der Waals surface area contributed by atoms with Gasteiger partial charge in [-0.2, -0.15) is 0 Å². The van der Waals surface area contributed by atoms with Gasteiger partial charge in [-0.25, -0.2) is 8.42 Å². The molecule has 0 radical (unpaired) electrons. The van der Waals surface area contributed by atoms with E-state index in [1.807, 2.05) is 89.8 Å². The van der Waals surface area contributed by atoms with E-state index in [0.717, 1.165) is 22.6 Å². The minimum atomic E-state index is -3.86. The van der Waals surface area contributed by atoms with Gasteiger partial charge in [-0.15, -0.1) is 0 Å². The molecule has 4 aromatic rings. The molecule has 43 heavy (non-hydrogen) atoms. The molecule has 1 fully saturated rings. The number of hydrogen-bond donors (Lipinski definition) is 0. The van der Waals surface area contributed by atoms with E-state index in [2.05, 4.69) is 18.7 Å². The quantitative estimate of drug-likeness (QED) is 0.259. The summed E-state index contributed by atoms with van der Waals surface area (Å²) in [5.41, 5.74) is 4.06. The Hall–Kier alpha value is -4.30. The fraction of sp³-hybridized carbons (Fsp3) is 0.286. The van der Waals surface area contributed by atoms with Crippen LogP contribution in [-0.4, -0.2) is 58.6 Å². The Bertz CT molecular complexity index is 1680. The van der Waals surface area contributed by atoms with Crippen LogP contribution in [0.25, 0.3) is 0 Å². The van der Waals surface area contributed by atoms with E-state index >= 15 is 0 Å². The predicted octanol–water partition coefficient (Wildman–Crippen LogP) is 5.76. The van der Waals surface area contributed by atoms with Crippen LogP contribution in [0.1, 0.15) is 35.3 Å². The molecule has 222 valence electrons. The lowest BCUT2D eigenvalue weighted by Gasteiger charge is -2.36. The van der Waals surface area contributed by atoms with Crippen molar-refractivity contribution in [2.24, 2.45) is 0 Å². The zero-order valence-electron chi connectivity index (χ0n) is 24.6. The Morgan fingerprint density at radius 1 is 0.837 bits per heavy atom. The average molecular weight is 596 g/mol. The lowest BCUT2D eigenvalue weighted by atomic mass is 9.87. The molecule has 0 aromatic heterocycles. The maximum Gasteiger partial charge on any atom is 0.264 e. The van der Waals surface area contributed by atoms with Crippen molar-refractivity contribution in [1.29, 1.82) is 0 Å². The molecule has 2 aliphatic heterocycles. The molecular formula is C35H37N3O4S. The van der Waals surface area contributed by atoms with E-state index in [0.29, 0.717) is 57.0 Å². The topological polar surface area (TPSA) is 70.2 Å². The second kappa shape index (κ2) is 11.8. The normalized spacial score (nSPS) is 16.0. The highest BCUT2D eigenvalue weighted by Gasteiger charge is 2.34. The van der Waals surface area contributed by atoms with Gasteiger partial charge in [0.15, 0.2) is 0 Å². The molecule has 0 spiro atoms. The molecule has 0 atom stereocenters. The Labute approximate surface area is 254 Å². The van der Waals surface area contributed by atoms with E-state index in [1.54, 1.807) is 18.2 Å². The smallest absolute Gasteiger partial charge is 0.264 e. The number of piperazine rings is 1. The third kappa shape index (κ3) is 5.97. The molecule has 0 aliphatic carbocycles. The number of ether oxygens (including phenoxy) is 1. The summed E-state index contributed by atoms with van der Waals surface area (Å²) < 4.78 is 35.7. The van der Waals surface area contributed by atoms with Gasteiger partial charge in [0.25, 0.3) is 15.9 Å². The van der Waals surface area contributed by atoms with Gasteiger partial charge >= 0.3 is 0 Å². The van der Waals surface area contributed by atoms with Gasteiger partial charge in [0, 0.05) is 55.0 Å². The third-order valence-electron chi connectivity index (χ3n) is 8.39. The Kier molecular flexibility index (Phi) is 7.88. The van der Waals surface area contributed by atoms with Crippen LogP contribution in [0.2, 0.25) is 0 Å². The number of amides is 1. The summed E-state index contributed by atoms with van der Waals surface area (Å²) in [5.74, 6) is 0.797. The SMILES string of the molecule is CC1(C)COc2ccc(S(=O)(=O)N(CCc3ccccc3)c3ccc(N4CCN(C(=O)c5ccccc5)CC4)cc3)cc21. The summed E-state index contributed by atoms with van der Waals surface area (Å²) in [5, 5.41) is 0. The summed E-state index contributed by atoms with van der Waals surface area (Å²) in [7, 11) is -3.86. The zero-order chi connectivity index (χ0) is 30.0. The van der Waals surface area contributed by atoms with Crippen LogP contribution in [0.4, 0.5) is 11.4 Å². The first kappa shape index (κ1) is 28.8. The molecule has 0 unspecified atom stereocenters. The van der Waals surface area contributed by atoms with E-state index in [1.165, 1.54) is 4.31 Å². The Morgan fingerprint density at radius 2 is 1.49 bits per heavy atom. The largest absolute Gasteiger partial charge is 0.492 e. The number of nitrogens with zero attached hydrogens (tertiary/aromatic N) is 3. The highest BCUT2D eigenvalue weighted by molar-refractivity contribution is 7.92. The number of sulfonamides is 1. The van der Waals surface area contributed by atoms with Crippen LogP contribution in [0.3, 0.4) is 0 Å². The van der Waals surface area contributed by atoms with Crippen molar-refractivity contribution in [3.8, 4) is 5.75 Å². The number of hydrogen-bond acceptors (Lipinski definition) is 5. The van der Waals surface area contributed by atoms with Crippen molar-refractivity contribution in [1.82, 2.24) is 4.90 Å². The van der Waals surface area contributed by atoms with Crippen LogP contribution in [0, 0.1) is 0 Å². The van der Waals surface area contributed by atoms with Crippen molar-refractivity contribution < 1.29 is 17.9 Å². The summed E-state index contributed by atoms with van der Waals surface area (Å²) >= 11 is 0. The Balaban J connectivity index is 1.22. The van der Waals surface area contributed by atoms with Gasteiger partial charge in [0.2, 0.25) is 0 Å². The molecule has 4 aromatic carbocycles. The molecule has 6 rings (SSSR count). The van der Waals surface area contributed by atoms with Crippen molar-refractivity contribution in [2.75, 3.05) is 48.5 Å². The molecule has 2 aliphatic rings. The van der Waals surface area contributed by atoms with Crippen LogP contribution in [0.5, 0.6) is 5.75 Å². The molecule has 7 nitrogen and oxygen atoms in total. The fourth-order valence-electron chi connectivity index (χ4n) is 5.81. The maximum absolute atomic E-state index is 14.2. The fourth-order valence-corrected chi connectivity index (χ4v) is 7.30. The molecule has 2 heterocycles. The number of anilines is 2. The predicted molar refractivity (Wildman–Crippen MR) is 171 cm³/mol. The molecule has 1 saturated heterocycles. The van der Waals surface area contributed by atoms with Crippen LogP contribution in [-0.2, 0) is 21.9 Å². The number of fused-ring (bicyclic) bond motifs is 1. The Morgan fingerprint density at radius 3 is 2.16 bits per heavy atom. The van der Waals surface area contributed by atoms with Crippen LogP contribution < -0.4 is 13.9 Å².